The van der Waals surface area contributed by atoms with Gasteiger partial charge in [-0.2, -0.15) is 10.2 Å². The molecule has 0 spiro atoms. The van der Waals surface area contributed by atoms with Crippen LogP contribution in [-0.2, 0) is 9.59 Å². The second kappa shape index (κ2) is 9.77. The fourth-order valence-corrected chi connectivity index (χ4v) is 1.95. The molecule has 0 unspecified atom stereocenters. The molecule has 0 atom stereocenters. The first-order valence-electron chi connectivity index (χ1n) is 8.04. The number of pyridine rings is 2. The van der Waals surface area contributed by atoms with Gasteiger partial charge in [0.15, 0.2) is 0 Å². The highest BCUT2D eigenvalue weighted by Crippen LogP contribution is 1.96. The van der Waals surface area contributed by atoms with Crippen molar-refractivity contribution in [2.24, 2.45) is 10.2 Å². The highest BCUT2D eigenvalue weighted by Gasteiger charge is 2.05. The molecule has 2 aromatic rings. The van der Waals surface area contributed by atoms with Crippen LogP contribution in [-0.4, -0.2) is 34.2 Å². The Morgan fingerprint density at radius 1 is 0.846 bits per heavy atom. The van der Waals surface area contributed by atoms with Crippen molar-refractivity contribution in [2.75, 3.05) is 0 Å². The maximum Gasteiger partial charge on any atom is 0.240 e. The van der Waals surface area contributed by atoms with E-state index in [1.807, 2.05) is 38.1 Å². The molecule has 2 aromatic heterocycles. The van der Waals surface area contributed by atoms with Gasteiger partial charge < -0.3 is 0 Å². The molecule has 0 bridgehead atoms. The maximum absolute atomic E-state index is 11.7. The van der Waals surface area contributed by atoms with Crippen LogP contribution in [0.3, 0.4) is 0 Å². The number of rotatable bonds is 7. The lowest BCUT2D eigenvalue weighted by Gasteiger charge is -2.00. The predicted octanol–water partition coefficient (Wildman–Crippen LogP) is 1.47. The number of nitrogens with one attached hydrogen (secondary N) is 2. The Morgan fingerprint density at radius 3 is 1.65 bits per heavy atom. The summed E-state index contributed by atoms with van der Waals surface area (Å²) < 4.78 is 0. The Morgan fingerprint density at radius 2 is 1.27 bits per heavy atom. The van der Waals surface area contributed by atoms with Crippen molar-refractivity contribution in [1.29, 1.82) is 0 Å². The number of aryl methyl sites for hydroxylation is 2. The molecular weight excluding hydrogens is 332 g/mol. The summed E-state index contributed by atoms with van der Waals surface area (Å²) in [5.74, 6) is -0.734. The van der Waals surface area contributed by atoms with E-state index in [1.54, 1.807) is 12.1 Å². The van der Waals surface area contributed by atoms with E-state index in [-0.39, 0.29) is 24.7 Å². The first-order valence-corrected chi connectivity index (χ1v) is 8.04. The zero-order chi connectivity index (χ0) is 18.8. The van der Waals surface area contributed by atoms with Crippen LogP contribution in [0.4, 0.5) is 0 Å². The lowest BCUT2D eigenvalue weighted by Crippen LogP contribution is -2.23. The van der Waals surface area contributed by atoms with Crippen LogP contribution in [0, 0.1) is 13.8 Å². The first kappa shape index (κ1) is 18.9. The number of nitrogens with zero attached hydrogens (tertiary/aromatic N) is 4. The highest BCUT2D eigenvalue weighted by molar-refractivity contribution is 5.85. The molecule has 134 valence electrons. The topological polar surface area (TPSA) is 109 Å². The lowest BCUT2D eigenvalue weighted by molar-refractivity contribution is -0.126. The van der Waals surface area contributed by atoms with Gasteiger partial charge in [-0.15, -0.1) is 0 Å². The molecular formula is C18H20N6O2. The molecule has 2 amide bonds. The van der Waals surface area contributed by atoms with E-state index in [2.05, 4.69) is 31.0 Å². The van der Waals surface area contributed by atoms with Gasteiger partial charge in [0.1, 0.15) is 0 Å². The van der Waals surface area contributed by atoms with E-state index in [0.717, 1.165) is 11.4 Å². The minimum atomic E-state index is -0.367. The number of hydrogen-bond donors (Lipinski definition) is 2. The van der Waals surface area contributed by atoms with Crippen LogP contribution in [0.25, 0.3) is 0 Å². The third-order valence-corrected chi connectivity index (χ3v) is 3.17. The van der Waals surface area contributed by atoms with Crippen LogP contribution in [0.1, 0.15) is 35.6 Å². The second-order valence-electron chi connectivity index (χ2n) is 5.49. The Hall–Kier alpha value is -3.42. The van der Waals surface area contributed by atoms with Gasteiger partial charge in [0, 0.05) is 24.2 Å². The molecule has 0 fully saturated rings. The summed E-state index contributed by atoms with van der Waals surface area (Å²) >= 11 is 0. The number of hydrazone groups is 2. The lowest BCUT2D eigenvalue weighted by atomic mass is 10.3. The highest BCUT2D eigenvalue weighted by atomic mass is 16.2. The van der Waals surface area contributed by atoms with Crippen LogP contribution < -0.4 is 10.9 Å². The monoisotopic (exact) mass is 352 g/mol. The summed E-state index contributed by atoms with van der Waals surface area (Å²) in [6.07, 6.45) is 2.90. The summed E-state index contributed by atoms with van der Waals surface area (Å²) in [6.45, 7) is 3.73. The molecule has 0 aliphatic rings. The average molecular weight is 352 g/mol. The Balaban J connectivity index is 1.69. The van der Waals surface area contributed by atoms with Crippen molar-refractivity contribution < 1.29 is 9.59 Å². The van der Waals surface area contributed by atoms with Gasteiger partial charge in [0.2, 0.25) is 11.8 Å². The van der Waals surface area contributed by atoms with E-state index in [4.69, 9.17) is 0 Å². The molecule has 2 heterocycles. The summed E-state index contributed by atoms with van der Waals surface area (Å²) in [4.78, 5) is 31.8. The van der Waals surface area contributed by atoms with Crippen LogP contribution in [0.5, 0.6) is 0 Å². The van der Waals surface area contributed by atoms with Gasteiger partial charge in [-0.05, 0) is 38.1 Å². The molecule has 0 aliphatic carbocycles. The van der Waals surface area contributed by atoms with E-state index >= 15 is 0 Å². The van der Waals surface area contributed by atoms with Gasteiger partial charge in [0.25, 0.3) is 0 Å². The SMILES string of the molecule is Cc1cccc(/C=N/NC(=O)CCC(=O)N/N=C/c2cccc(C)n2)n1. The quantitative estimate of drug-likeness (QED) is 0.581. The number of carbonyl (C=O) groups is 2. The Kier molecular flexibility index (Phi) is 7.11. The first-order chi connectivity index (χ1) is 12.5. The fraction of sp³-hybridized carbons (Fsp3) is 0.222. The summed E-state index contributed by atoms with van der Waals surface area (Å²) in [7, 11) is 0. The minimum absolute atomic E-state index is 0.00261. The van der Waals surface area contributed by atoms with Gasteiger partial charge in [-0.25, -0.2) is 10.9 Å². The summed E-state index contributed by atoms with van der Waals surface area (Å²) in [5.41, 5.74) is 7.71. The molecule has 0 radical (unpaired) electrons. The van der Waals surface area contributed by atoms with Crippen molar-refractivity contribution in [3.63, 3.8) is 0 Å². The van der Waals surface area contributed by atoms with E-state index in [0.29, 0.717) is 11.4 Å². The van der Waals surface area contributed by atoms with E-state index < -0.39 is 0 Å². The molecule has 26 heavy (non-hydrogen) atoms. The van der Waals surface area contributed by atoms with Gasteiger partial charge in [-0.1, -0.05) is 12.1 Å². The summed E-state index contributed by atoms with van der Waals surface area (Å²) in [5, 5.41) is 7.63. The minimum Gasteiger partial charge on any atom is -0.273 e. The van der Waals surface area contributed by atoms with Crippen molar-refractivity contribution >= 4 is 24.2 Å². The third-order valence-electron chi connectivity index (χ3n) is 3.17. The van der Waals surface area contributed by atoms with Crippen molar-refractivity contribution in [3.05, 3.63) is 59.2 Å². The zero-order valence-corrected chi connectivity index (χ0v) is 14.6. The standard InChI is InChI=1S/C18H20N6O2/c1-13-5-3-7-15(21-13)11-19-23-17(25)9-10-18(26)24-20-12-16-8-4-6-14(2)22-16/h3-8,11-12H,9-10H2,1-2H3,(H,23,25)(H,24,26)/b19-11+,20-12+. The Labute approximate surface area is 151 Å². The third kappa shape index (κ3) is 7.00. The fourth-order valence-electron chi connectivity index (χ4n) is 1.95. The second-order valence-corrected chi connectivity index (χ2v) is 5.49. The molecule has 8 heteroatoms. The molecule has 0 saturated heterocycles. The van der Waals surface area contributed by atoms with Gasteiger partial charge >= 0.3 is 0 Å². The molecule has 2 rings (SSSR count). The van der Waals surface area contributed by atoms with E-state index in [9.17, 15) is 9.59 Å². The normalized spacial score (nSPS) is 11.0. The van der Waals surface area contributed by atoms with Crippen molar-refractivity contribution in [1.82, 2.24) is 20.8 Å². The van der Waals surface area contributed by atoms with Gasteiger partial charge in [-0.3, -0.25) is 19.6 Å². The number of carbonyl (C=O) groups excluding carboxylic acids is 2. The molecule has 0 aliphatic heterocycles. The van der Waals surface area contributed by atoms with Crippen molar-refractivity contribution in [2.45, 2.75) is 26.7 Å². The molecule has 8 nitrogen and oxygen atoms in total. The molecule has 0 aromatic carbocycles. The molecule has 0 saturated carbocycles. The zero-order valence-electron chi connectivity index (χ0n) is 14.6. The van der Waals surface area contributed by atoms with Gasteiger partial charge in [0.05, 0.1) is 23.8 Å². The van der Waals surface area contributed by atoms with Crippen molar-refractivity contribution in [3.8, 4) is 0 Å². The number of amides is 2. The van der Waals surface area contributed by atoms with Crippen LogP contribution in [0.15, 0.2) is 46.6 Å². The summed E-state index contributed by atoms with van der Waals surface area (Å²) in [6, 6.07) is 11.0. The van der Waals surface area contributed by atoms with Crippen LogP contribution >= 0.6 is 0 Å². The largest absolute Gasteiger partial charge is 0.273 e. The number of aromatic nitrogens is 2. The average Bonchev–Trinajstić information content (AvgIpc) is 2.60. The Bertz CT molecular complexity index is 762. The maximum atomic E-state index is 11.7. The number of hydrogen-bond acceptors (Lipinski definition) is 6. The predicted molar refractivity (Wildman–Crippen MR) is 98.7 cm³/mol. The van der Waals surface area contributed by atoms with Crippen LogP contribution in [0.2, 0.25) is 0 Å². The molecule has 2 N–H and O–H groups in total. The smallest absolute Gasteiger partial charge is 0.240 e. The van der Waals surface area contributed by atoms with E-state index in [1.165, 1.54) is 12.4 Å².